The van der Waals surface area contributed by atoms with Crippen LogP contribution in [-0.2, 0) is 11.2 Å². The molecule has 6 nitrogen and oxygen atoms in total. The van der Waals surface area contributed by atoms with E-state index in [0.29, 0.717) is 42.7 Å². The van der Waals surface area contributed by atoms with Gasteiger partial charge in [-0.2, -0.15) is 4.98 Å². The number of hydrogen-bond acceptors (Lipinski definition) is 5. The zero-order valence-corrected chi connectivity index (χ0v) is 13.5. The SMILES string of the molecule is Cl.NCCCNC(=O)CCc1nc(-c2ccc(Cl)cc2)no1. The average Bonchev–Trinajstić information content (AvgIpc) is 2.95. The van der Waals surface area contributed by atoms with Gasteiger partial charge in [0, 0.05) is 30.0 Å². The van der Waals surface area contributed by atoms with Crippen molar-refractivity contribution in [1.29, 1.82) is 0 Å². The van der Waals surface area contributed by atoms with Crippen molar-refractivity contribution in [3.63, 3.8) is 0 Å². The number of carbonyl (C=O) groups excluding carboxylic acids is 1. The van der Waals surface area contributed by atoms with E-state index >= 15 is 0 Å². The predicted octanol–water partition coefficient (Wildman–Crippen LogP) is 2.21. The van der Waals surface area contributed by atoms with E-state index in [0.717, 1.165) is 12.0 Å². The van der Waals surface area contributed by atoms with E-state index in [2.05, 4.69) is 15.5 Å². The number of rotatable bonds is 7. The number of nitrogens with zero attached hydrogens (tertiary/aromatic N) is 2. The summed E-state index contributed by atoms with van der Waals surface area (Å²) in [6.45, 7) is 1.16. The number of amides is 1. The quantitative estimate of drug-likeness (QED) is 0.751. The fraction of sp³-hybridized carbons (Fsp3) is 0.357. The Morgan fingerprint density at radius 3 is 2.73 bits per heavy atom. The van der Waals surface area contributed by atoms with E-state index in [-0.39, 0.29) is 18.3 Å². The van der Waals surface area contributed by atoms with Crippen molar-refractivity contribution in [2.75, 3.05) is 13.1 Å². The molecule has 1 aromatic carbocycles. The van der Waals surface area contributed by atoms with Crippen LogP contribution in [0.25, 0.3) is 11.4 Å². The van der Waals surface area contributed by atoms with Gasteiger partial charge in [0.25, 0.3) is 0 Å². The van der Waals surface area contributed by atoms with Gasteiger partial charge in [-0.15, -0.1) is 12.4 Å². The topological polar surface area (TPSA) is 94.0 Å². The number of aryl methyl sites for hydroxylation is 1. The Morgan fingerprint density at radius 2 is 2.05 bits per heavy atom. The van der Waals surface area contributed by atoms with Crippen molar-refractivity contribution in [1.82, 2.24) is 15.5 Å². The third-order valence-corrected chi connectivity index (χ3v) is 3.09. The van der Waals surface area contributed by atoms with Gasteiger partial charge >= 0.3 is 0 Å². The van der Waals surface area contributed by atoms with Gasteiger partial charge in [0.05, 0.1) is 0 Å². The Kier molecular flexibility index (Phi) is 7.87. The lowest BCUT2D eigenvalue weighted by atomic mass is 10.2. The molecule has 0 saturated heterocycles. The first-order valence-corrected chi connectivity index (χ1v) is 7.12. The van der Waals surface area contributed by atoms with Crippen LogP contribution in [0.2, 0.25) is 5.02 Å². The smallest absolute Gasteiger partial charge is 0.227 e. The Bertz CT molecular complexity index is 587. The fourth-order valence-corrected chi connectivity index (χ4v) is 1.84. The Balaban J connectivity index is 0.00000242. The largest absolute Gasteiger partial charge is 0.356 e. The van der Waals surface area contributed by atoms with Crippen LogP contribution in [0, 0.1) is 0 Å². The molecular weight excluding hydrogens is 327 g/mol. The molecule has 0 aliphatic rings. The van der Waals surface area contributed by atoms with Gasteiger partial charge in [0.2, 0.25) is 17.6 Å². The zero-order chi connectivity index (χ0) is 15.1. The zero-order valence-electron chi connectivity index (χ0n) is 11.9. The molecular formula is C14H18Cl2N4O2. The average molecular weight is 345 g/mol. The number of carbonyl (C=O) groups is 1. The molecule has 1 heterocycles. The maximum Gasteiger partial charge on any atom is 0.227 e. The molecule has 8 heteroatoms. The Hall–Kier alpha value is -1.63. The lowest BCUT2D eigenvalue weighted by Crippen LogP contribution is -2.26. The number of halogens is 2. The third-order valence-electron chi connectivity index (χ3n) is 2.84. The monoisotopic (exact) mass is 344 g/mol. The molecule has 3 N–H and O–H groups in total. The van der Waals surface area contributed by atoms with Gasteiger partial charge in [-0.25, -0.2) is 0 Å². The minimum absolute atomic E-state index is 0. The molecule has 0 unspecified atom stereocenters. The van der Waals surface area contributed by atoms with Crippen molar-refractivity contribution in [2.24, 2.45) is 5.73 Å². The van der Waals surface area contributed by atoms with Crippen LogP contribution in [0.1, 0.15) is 18.7 Å². The highest BCUT2D eigenvalue weighted by Crippen LogP contribution is 2.18. The molecule has 1 aromatic heterocycles. The van der Waals surface area contributed by atoms with Crippen molar-refractivity contribution in [3.05, 3.63) is 35.2 Å². The van der Waals surface area contributed by atoms with Gasteiger partial charge in [-0.05, 0) is 37.2 Å². The third kappa shape index (κ3) is 5.63. The van der Waals surface area contributed by atoms with Crippen molar-refractivity contribution < 1.29 is 9.32 Å². The summed E-state index contributed by atoms with van der Waals surface area (Å²) < 4.78 is 5.13. The molecule has 0 bridgehead atoms. The maximum absolute atomic E-state index is 11.5. The van der Waals surface area contributed by atoms with Crippen molar-refractivity contribution >= 4 is 29.9 Å². The van der Waals surface area contributed by atoms with E-state index in [1.165, 1.54) is 0 Å². The highest BCUT2D eigenvalue weighted by molar-refractivity contribution is 6.30. The van der Waals surface area contributed by atoms with Gasteiger partial charge in [-0.1, -0.05) is 16.8 Å². The van der Waals surface area contributed by atoms with Crippen molar-refractivity contribution in [2.45, 2.75) is 19.3 Å². The first-order chi connectivity index (χ1) is 10.2. The molecule has 2 aromatic rings. The molecule has 0 saturated carbocycles. The molecule has 0 aliphatic carbocycles. The van der Waals surface area contributed by atoms with Crippen LogP contribution < -0.4 is 11.1 Å². The number of aromatic nitrogens is 2. The van der Waals surface area contributed by atoms with Gasteiger partial charge in [0.15, 0.2) is 0 Å². The minimum atomic E-state index is -0.0466. The molecule has 120 valence electrons. The van der Waals surface area contributed by atoms with Gasteiger partial charge in [0.1, 0.15) is 0 Å². The van der Waals surface area contributed by atoms with Gasteiger partial charge in [-0.3, -0.25) is 4.79 Å². The number of nitrogens with one attached hydrogen (secondary N) is 1. The summed E-state index contributed by atoms with van der Waals surface area (Å²) in [7, 11) is 0. The molecule has 0 aliphatic heterocycles. The summed E-state index contributed by atoms with van der Waals surface area (Å²) in [6, 6.07) is 7.16. The highest BCUT2D eigenvalue weighted by Gasteiger charge is 2.10. The van der Waals surface area contributed by atoms with E-state index in [9.17, 15) is 4.79 Å². The van der Waals surface area contributed by atoms with Crippen LogP contribution in [-0.4, -0.2) is 29.1 Å². The van der Waals surface area contributed by atoms with E-state index in [1.807, 2.05) is 12.1 Å². The van der Waals surface area contributed by atoms with Gasteiger partial charge < -0.3 is 15.6 Å². The van der Waals surface area contributed by atoms with Crippen LogP contribution in [0.5, 0.6) is 0 Å². The highest BCUT2D eigenvalue weighted by atomic mass is 35.5. The van der Waals surface area contributed by atoms with Crippen LogP contribution in [0.3, 0.4) is 0 Å². The lowest BCUT2D eigenvalue weighted by Gasteiger charge is -2.01. The van der Waals surface area contributed by atoms with E-state index in [4.69, 9.17) is 21.9 Å². The summed E-state index contributed by atoms with van der Waals surface area (Å²) in [5, 5.41) is 7.32. The molecule has 2 rings (SSSR count). The van der Waals surface area contributed by atoms with E-state index < -0.39 is 0 Å². The fourth-order valence-electron chi connectivity index (χ4n) is 1.71. The molecule has 0 fully saturated rings. The van der Waals surface area contributed by atoms with Crippen molar-refractivity contribution in [3.8, 4) is 11.4 Å². The second-order valence-corrected chi connectivity index (χ2v) is 4.95. The lowest BCUT2D eigenvalue weighted by molar-refractivity contribution is -0.121. The van der Waals surface area contributed by atoms with Crippen LogP contribution >= 0.6 is 24.0 Å². The molecule has 0 spiro atoms. The summed E-state index contributed by atoms with van der Waals surface area (Å²) >= 11 is 5.82. The summed E-state index contributed by atoms with van der Waals surface area (Å²) in [5.74, 6) is 0.883. The standard InChI is InChI=1S/C14H17ClN4O2.ClH/c15-11-4-2-10(3-5-11)14-18-13(21-19-14)7-6-12(20)17-9-1-8-16;/h2-5H,1,6-9,16H2,(H,17,20);1H. The number of benzene rings is 1. The maximum atomic E-state index is 11.5. The summed E-state index contributed by atoms with van der Waals surface area (Å²) in [4.78, 5) is 15.8. The molecule has 0 atom stereocenters. The summed E-state index contributed by atoms with van der Waals surface area (Å²) in [6.07, 6.45) is 1.49. The first-order valence-electron chi connectivity index (χ1n) is 6.74. The van der Waals surface area contributed by atoms with E-state index in [1.54, 1.807) is 12.1 Å². The second kappa shape index (κ2) is 9.40. The molecule has 1 amide bonds. The van der Waals surface area contributed by atoms with Crippen LogP contribution in [0.4, 0.5) is 0 Å². The number of nitrogens with two attached hydrogens (primary N) is 1. The number of hydrogen-bond donors (Lipinski definition) is 2. The Morgan fingerprint density at radius 1 is 1.32 bits per heavy atom. The van der Waals surface area contributed by atoms with Crippen LogP contribution in [0.15, 0.2) is 28.8 Å². The molecule has 0 radical (unpaired) electrons. The summed E-state index contributed by atoms with van der Waals surface area (Å²) in [5.41, 5.74) is 6.18. The minimum Gasteiger partial charge on any atom is -0.356 e. The normalized spacial score (nSPS) is 10.1. The Labute approximate surface area is 139 Å². The predicted molar refractivity (Wildman–Crippen MR) is 87.0 cm³/mol. The second-order valence-electron chi connectivity index (χ2n) is 4.51. The first kappa shape index (κ1) is 18.4. The molecule has 22 heavy (non-hydrogen) atoms.